The summed E-state index contributed by atoms with van der Waals surface area (Å²) in [7, 11) is 1.50. The van der Waals surface area contributed by atoms with Gasteiger partial charge in [0.15, 0.2) is 0 Å². The van der Waals surface area contributed by atoms with Crippen molar-refractivity contribution in [2.75, 3.05) is 33.4 Å². The molecule has 0 amide bonds. The van der Waals surface area contributed by atoms with Crippen LogP contribution in [0, 0.1) is 11.8 Å². The topological polar surface area (TPSA) is 38.8 Å². The average Bonchev–Trinajstić information content (AvgIpc) is 3.09. The highest BCUT2D eigenvalue weighted by Gasteiger charge is 2.67. The number of methoxy groups -OCH3 is 1. The van der Waals surface area contributed by atoms with Gasteiger partial charge in [-0.25, -0.2) is 0 Å². The van der Waals surface area contributed by atoms with Gasteiger partial charge in [0.05, 0.1) is 26.7 Å². The second-order valence-corrected chi connectivity index (χ2v) is 5.84. The third kappa shape index (κ3) is 1.86. The van der Waals surface area contributed by atoms with Crippen LogP contribution in [0.15, 0.2) is 0 Å². The van der Waals surface area contributed by atoms with Crippen LogP contribution in [0.4, 0.5) is 0 Å². The minimum atomic E-state index is -0.0455. The minimum Gasteiger partial charge on any atom is -0.469 e. The molecule has 0 N–H and O–H groups in total. The number of nitrogens with zero attached hydrogens (tertiary/aromatic N) is 1. The van der Waals surface area contributed by atoms with Crippen molar-refractivity contribution in [3.05, 3.63) is 0 Å². The maximum Gasteiger partial charge on any atom is 0.307 e. The summed E-state index contributed by atoms with van der Waals surface area (Å²) in [5, 5.41) is 0. The molecule has 0 aromatic carbocycles. The maximum atomic E-state index is 11.8. The van der Waals surface area contributed by atoms with E-state index in [0.29, 0.717) is 6.42 Å². The van der Waals surface area contributed by atoms with Gasteiger partial charge in [-0.15, -0.1) is 0 Å². The third-order valence-electron chi connectivity index (χ3n) is 5.20. The van der Waals surface area contributed by atoms with Crippen LogP contribution in [0.25, 0.3) is 0 Å². The molecule has 2 saturated carbocycles. The Bertz CT molecular complexity index is 313. The largest absolute Gasteiger partial charge is 0.469 e. The molecular formula is C14H23NO3. The van der Waals surface area contributed by atoms with Gasteiger partial charge >= 0.3 is 5.97 Å². The Balaban J connectivity index is 1.77. The van der Waals surface area contributed by atoms with E-state index in [-0.39, 0.29) is 11.5 Å². The van der Waals surface area contributed by atoms with Crippen molar-refractivity contribution in [2.24, 2.45) is 11.8 Å². The van der Waals surface area contributed by atoms with Crippen LogP contribution < -0.4 is 0 Å². The number of hydrogen-bond donors (Lipinski definition) is 0. The van der Waals surface area contributed by atoms with Gasteiger partial charge in [-0.1, -0.05) is 12.8 Å². The maximum absolute atomic E-state index is 11.8. The summed E-state index contributed by atoms with van der Waals surface area (Å²) >= 11 is 0. The number of carbonyl (C=O) groups is 1. The number of rotatable bonds is 3. The van der Waals surface area contributed by atoms with Crippen molar-refractivity contribution in [2.45, 2.75) is 37.6 Å². The Morgan fingerprint density at radius 2 is 1.89 bits per heavy atom. The van der Waals surface area contributed by atoms with E-state index in [9.17, 15) is 4.79 Å². The highest BCUT2D eigenvalue weighted by atomic mass is 16.5. The van der Waals surface area contributed by atoms with Crippen molar-refractivity contribution < 1.29 is 14.3 Å². The lowest BCUT2D eigenvalue weighted by Crippen LogP contribution is -2.48. The first-order valence-corrected chi connectivity index (χ1v) is 7.18. The average molecular weight is 253 g/mol. The SMILES string of the molecule is COC(=O)CC1(N2CCOCC2)[C@@H]2CCCC[C@@H]21. The van der Waals surface area contributed by atoms with E-state index in [1.54, 1.807) is 0 Å². The van der Waals surface area contributed by atoms with Crippen molar-refractivity contribution in [1.29, 1.82) is 0 Å². The zero-order valence-electron chi connectivity index (χ0n) is 11.2. The fraction of sp³-hybridized carbons (Fsp3) is 0.929. The third-order valence-corrected chi connectivity index (χ3v) is 5.20. The lowest BCUT2D eigenvalue weighted by molar-refractivity contribution is -0.143. The molecule has 102 valence electrons. The number of hydrogen-bond acceptors (Lipinski definition) is 4. The molecule has 3 aliphatic rings. The van der Waals surface area contributed by atoms with E-state index in [2.05, 4.69) is 4.90 Å². The molecule has 0 radical (unpaired) electrons. The lowest BCUT2D eigenvalue weighted by Gasteiger charge is -2.36. The molecule has 1 aliphatic heterocycles. The summed E-state index contributed by atoms with van der Waals surface area (Å²) in [6.07, 6.45) is 5.82. The summed E-state index contributed by atoms with van der Waals surface area (Å²) < 4.78 is 10.4. The monoisotopic (exact) mass is 253 g/mol. The Kier molecular flexibility index (Phi) is 3.32. The fourth-order valence-electron chi connectivity index (χ4n) is 4.34. The molecule has 2 aliphatic carbocycles. The van der Waals surface area contributed by atoms with Crippen molar-refractivity contribution >= 4 is 5.97 Å². The molecule has 4 nitrogen and oxygen atoms in total. The summed E-state index contributed by atoms with van der Waals surface area (Å²) in [5.74, 6) is 1.41. The van der Waals surface area contributed by atoms with Gasteiger partial charge in [0.1, 0.15) is 0 Å². The van der Waals surface area contributed by atoms with Crippen LogP contribution in [0.5, 0.6) is 0 Å². The van der Waals surface area contributed by atoms with Crippen LogP contribution >= 0.6 is 0 Å². The molecule has 4 heteroatoms. The molecule has 3 rings (SSSR count). The Hall–Kier alpha value is -0.610. The van der Waals surface area contributed by atoms with E-state index in [0.717, 1.165) is 38.1 Å². The number of morpholine rings is 1. The van der Waals surface area contributed by atoms with E-state index >= 15 is 0 Å². The first-order valence-electron chi connectivity index (χ1n) is 7.18. The van der Waals surface area contributed by atoms with Crippen LogP contribution in [0.3, 0.4) is 0 Å². The highest BCUT2D eigenvalue weighted by molar-refractivity contribution is 5.72. The summed E-state index contributed by atoms with van der Waals surface area (Å²) in [4.78, 5) is 14.3. The zero-order valence-corrected chi connectivity index (χ0v) is 11.2. The molecule has 1 heterocycles. The first-order chi connectivity index (χ1) is 8.79. The predicted molar refractivity (Wildman–Crippen MR) is 67.2 cm³/mol. The summed E-state index contributed by atoms with van der Waals surface area (Å²) in [6, 6.07) is 0. The van der Waals surface area contributed by atoms with E-state index in [1.165, 1.54) is 32.8 Å². The van der Waals surface area contributed by atoms with Gasteiger partial charge in [0.2, 0.25) is 0 Å². The number of fused-ring (bicyclic) bond motifs is 1. The predicted octanol–water partition coefficient (Wildman–Crippen LogP) is 1.44. The van der Waals surface area contributed by atoms with Crippen LogP contribution in [-0.2, 0) is 14.3 Å². The molecule has 0 bridgehead atoms. The summed E-state index contributed by atoms with van der Waals surface area (Å²) in [5.41, 5.74) is 0.118. The Labute approximate surface area is 109 Å². The van der Waals surface area contributed by atoms with Gasteiger partial charge in [-0.2, -0.15) is 0 Å². The quantitative estimate of drug-likeness (QED) is 0.713. The second kappa shape index (κ2) is 4.82. The molecule has 0 aromatic rings. The smallest absolute Gasteiger partial charge is 0.307 e. The van der Waals surface area contributed by atoms with Gasteiger partial charge in [-0.3, -0.25) is 9.69 Å². The molecule has 3 fully saturated rings. The van der Waals surface area contributed by atoms with Gasteiger partial charge in [0, 0.05) is 18.6 Å². The Morgan fingerprint density at radius 1 is 1.28 bits per heavy atom. The minimum absolute atomic E-state index is 0.0455. The molecule has 1 saturated heterocycles. The molecule has 0 spiro atoms. The van der Waals surface area contributed by atoms with Crippen LogP contribution in [0.1, 0.15) is 32.1 Å². The standard InChI is InChI=1S/C14H23NO3/c1-17-13(16)10-14(15-6-8-18-9-7-15)11-4-2-3-5-12(11)14/h11-12H,2-10H2,1H3/t11-,12+,14?. The molecule has 18 heavy (non-hydrogen) atoms. The van der Waals surface area contributed by atoms with Crippen molar-refractivity contribution in [3.63, 3.8) is 0 Å². The molecule has 1 unspecified atom stereocenters. The zero-order chi connectivity index (χ0) is 12.6. The van der Waals surface area contributed by atoms with Crippen LogP contribution in [-0.4, -0.2) is 49.8 Å². The van der Waals surface area contributed by atoms with E-state index in [4.69, 9.17) is 9.47 Å². The molecular weight excluding hydrogens is 230 g/mol. The number of ether oxygens (including phenoxy) is 2. The van der Waals surface area contributed by atoms with Crippen LogP contribution in [0.2, 0.25) is 0 Å². The van der Waals surface area contributed by atoms with Gasteiger partial charge < -0.3 is 9.47 Å². The molecule has 3 atom stereocenters. The Morgan fingerprint density at radius 3 is 2.44 bits per heavy atom. The normalized spacial score (nSPS) is 40.1. The van der Waals surface area contributed by atoms with Gasteiger partial charge in [0.25, 0.3) is 0 Å². The lowest BCUT2D eigenvalue weighted by atomic mass is 10.0. The molecule has 0 aromatic heterocycles. The van der Waals surface area contributed by atoms with E-state index < -0.39 is 0 Å². The second-order valence-electron chi connectivity index (χ2n) is 5.84. The van der Waals surface area contributed by atoms with Crippen molar-refractivity contribution in [3.8, 4) is 0 Å². The fourth-order valence-corrected chi connectivity index (χ4v) is 4.34. The number of carbonyl (C=O) groups excluding carboxylic acids is 1. The first kappa shape index (κ1) is 12.4. The van der Waals surface area contributed by atoms with E-state index in [1.807, 2.05) is 0 Å². The van der Waals surface area contributed by atoms with Crippen molar-refractivity contribution in [1.82, 2.24) is 4.90 Å². The summed E-state index contributed by atoms with van der Waals surface area (Å²) in [6.45, 7) is 3.57. The number of esters is 1. The highest BCUT2D eigenvalue weighted by Crippen LogP contribution is 2.63. The van der Waals surface area contributed by atoms with Gasteiger partial charge in [-0.05, 0) is 24.7 Å².